The minimum atomic E-state index is -0.192. The van der Waals surface area contributed by atoms with Gasteiger partial charge < -0.3 is 9.84 Å². The Labute approximate surface area is 179 Å². The quantitative estimate of drug-likeness (QED) is 0.518. The predicted octanol–water partition coefficient (Wildman–Crippen LogP) is 5.78. The van der Waals surface area contributed by atoms with Gasteiger partial charge in [-0.15, -0.1) is 0 Å². The molecule has 0 radical (unpaired) electrons. The van der Waals surface area contributed by atoms with Gasteiger partial charge in [0.25, 0.3) is 0 Å². The van der Waals surface area contributed by atoms with E-state index >= 15 is 0 Å². The normalized spacial score (nSPS) is 18.9. The SMILES string of the molecule is CCOc1ccc(C2=N[C@H](c3ccc(Br)cc3)N[C@@H](c3ccccc3O)C2)cc1. The third-order valence-electron chi connectivity index (χ3n) is 5.04. The van der Waals surface area contributed by atoms with E-state index in [1.54, 1.807) is 6.07 Å². The number of hydrogen-bond acceptors (Lipinski definition) is 4. The molecule has 3 aromatic carbocycles. The molecule has 1 aliphatic heterocycles. The van der Waals surface area contributed by atoms with Crippen LogP contribution in [0.1, 0.15) is 42.2 Å². The lowest BCUT2D eigenvalue weighted by molar-refractivity contribution is 0.340. The zero-order valence-corrected chi connectivity index (χ0v) is 17.8. The molecular formula is C24H23BrN2O2. The summed E-state index contributed by atoms with van der Waals surface area (Å²) in [5.41, 5.74) is 4.04. The first-order valence-corrected chi connectivity index (χ1v) is 10.5. The Bertz CT molecular complexity index is 1000. The molecule has 2 atom stereocenters. The summed E-state index contributed by atoms with van der Waals surface area (Å²) in [6.07, 6.45) is 0.501. The van der Waals surface area contributed by atoms with Crippen molar-refractivity contribution in [2.45, 2.75) is 25.6 Å². The van der Waals surface area contributed by atoms with Gasteiger partial charge in [-0.25, -0.2) is 0 Å². The van der Waals surface area contributed by atoms with Crippen molar-refractivity contribution in [2.75, 3.05) is 6.61 Å². The predicted molar refractivity (Wildman–Crippen MR) is 120 cm³/mol. The van der Waals surface area contributed by atoms with E-state index in [2.05, 4.69) is 45.5 Å². The van der Waals surface area contributed by atoms with Crippen LogP contribution < -0.4 is 10.1 Å². The number of phenols is 1. The minimum absolute atomic E-state index is 0.0380. The lowest BCUT2D eigenvalue weighted by Gasteiger charge is -2.31. The van der Waals surface area contributed by atoms with E-state index in [-0.39, 0.29) is 12.2 Å². The molecule has 148 valence electrons. The Kier molecular flexibility index (Phi) is 5.97. The molecule has 0 saturated heterocycles. The van der Waals surface area contributed by atoms with Gasteiger partial charge in [0.2, 0.25) is 0 Å². The first-order chi connectivity index (χ1) is 14.1. The number of aromatic hydroxyl groups is 1. The highest BCUT2D eigenvalue weighted by atomic mass is 79.9. The van der Waals surface area contributed by atoms with Crippen LogP contribution in [0.4, 0.5) is 0 Å². The molecule has 1 heterocycles. The van der Waals surface area contributed by atoms with Gasteiger partial charge >= 0.3 is 0 Å². The second kappa shape index (κ2) is 8.80. The zero-order chi connectivity index (χ0) is 20.2. The highest BCUT2D eigenvalue weighted by Crippen LogP contribution is 2.34. The number of hydrogen-bond donors (Lipinski definition) is 2. The molecule has 0 bridgehead atoms. The van der Waals surface area contributed by atoms with Gasteiger partial charge in [-0.05, 0) is 60.5 Å². The summed E-state index contributed by atoms with van der Waals surface area (Å²) in [6, 6.07) is 23.7. The molecule has 0 fully saturated rings. The van der Waals surface area contributed by atoms with E-state index in [1.807, 2.05) is 49.4 Å². The fraction of sp³-hybridized carbons (Fsp3) is 0.208. The zero-order valence-electron chi connectivity index (χ0n) is 16.2. The van der Waals surface area contributed by atoms with Gasteiger partial charge in [0.15, 0.2) is 0 Å². The molecule has 0 amide bonds. The minimum Gasteiger partial charge on any atom is -0.508 e. The van der Waals surface area contributed by atoms with E-state index in [9.17, 15) is 5.11 Å². The van der Waals surface area contributed by atoms with Crippen molar-refractivity contribution >= 4 is 21.6 Å². The summed E-state index contributed by atoms with van der Waals surface area (Å²) in [7, 11) is 0. The van der Waals surface area contributed by atoms with Crippen LogP contribution in [0, 0.1) is 0 Å². The van der Waals surface area contributed by atoms with E-state index < -0.39 is 0 Å². The number of aliphatic imine (C=N–C) groups is 1. The van der Waals surface area contributed by atoms with Crippen molar-refractivity contribution in [1.82, 2.24) is 5.32 Å². The number of rotatable bonds is 5. The summed E-state index contributed by atoms with van der Waals surface area (Å²) in [4.78, 5) is 5.00. The van der Waals surface area contributed by atoms with Crippen LogP contribution in [0.3, 0.4) is 0 Å². The maximum Gasteiger partial charge on any atom is 0.126 e. The molecule has 1 aliphatic rings. The van der Waals surface area contributed by atoms with Crippen LogP contribution in [-0.2, 0) is 0 Å². The number of nitrogens with one attached hydrogen (secondary N) is 1. The average Bonchev–Trinajstić information content (AvgIpc) is 2.75. The van der Waals surface area contributed by atoms with Crippen LogP contribution >= 0.6 is 15.9 Å². The third kappa shape index (κ3) is 4.52. The van der Waals surface area contributed by atoms with Gasteiger partial charge in [0.1, 0.15) is 17.7 Å². The number of phenolic OH excluding ortho intramolecular Hbond substituents is 1. The smallest absolute Gasteiger partial charge is 0.126 e. The van der Waals surface area contributed by atoms with Gasteiger partial charge in [-0.2, -0.15) is 0 Å². The van der Waals surface area contributed by atoms with Crippen molar-refractivity contribution in [3.8, 4) is 11.5 Å². The Morgan fingerprint density at radius 1 is 1.03 bits per heavy atom. The molecule has 3 aromatic rings. The van der Waals surface area contributed by atoms with Crippen LogP contribution in [-0.4, -0.2) is 17.4 Å². The Hall–Kier alpha value is -2.63. The summed E-state index contributed by atoms with van der Waals surface area (Å²) in [5, 5.41) is 14.0. The average molecular weight is 451 g/mol. The molecule has 5 heteroatoms. The number of nitrogens with zero attached hydrogens (tertiary/aromatic N) is 1. The summed E-state index contributed by atoms with van der Waals surface area (Å²) < 4.78 is 6.60. The van der Waals surface area contributed by atoms with Crippen molar-refractivity contribution in [2.24, 2.45) is 4.99 Å². The van der Waals surface area contributed by atoms with E-state index in [0.717, 1.165) is 32.6 Å². The molecule has 2 N–H and O–H groups in total. The monoisotopic (exact) mass is 450 g/mol. The fourth-order valence-electron chi connectivity index (χ4n) is 3.59. The Morgan fingerprint density at radius 2 is 1.76 bits per heavy atom. The van der Waals surface area contributed by atoms with Gasteiger partial charge in [0.05, 0.1) is 6.61 Å². The number of ether oxygens (including phenoxy) is 1. The Morgan fingerprint density at radius 3 is 2.45 bits per heavy atom. The van der Waals surface area contributed by atoms with Crippen molar-refractivity contribution in [3.63, 3.8) is 0 Å². The number of halogens is 1. The van der Waals surface area contributed by atoms with Crippen molar-refractivity contribution in [1.29, 1.82) is 0 Å². The molecule has 0 unspecified atom stereocenters. The van der Waals surface area contributed by atoms with E-state index in [0.29, 0.717) is 18.8 Å². The van der Waals surface area contributed by atoms with Crippen molar-refractivity contribution < 1.29 is 9.84 Å². The van der Waals surface area contributed by atoms with E-state index in [1.165, 1.54) is 0 Å². The maximum atomic E-state index is 10.4. The van der Waals surface area contributed by atoms with Crippen LogP contribution in [0.25, 0.3) is 0 Å². The summed E-state index contributed by atoms with van der Waals surface area (Å²) in [5.74, 6) is 1.15. The largest absolute Gasteiger partial charge is 0.508 e. The first-order valence-electron chi connectivity index (χ1n) is 9.73. The topological polar surface area (TPSA) is 53.8 Å². The molecule has 0 aliphatic carbocycles. The highest BCUT2D eigenvalue weighted by Gasteiger charge is 2.27. The number of benzene rings is 3. The summed E-state index contributed by atoms with van der Waals surface area (Å²) in [6.45, 7) is 2.62. The van der Waals surface area contributed by atoms with Crippen molar-refractivity contribution in [3.05, 3.63) is 94.0 Å². The molecule has 4 nitrogen and oxygen atoms in total. The van der Waals surface area contributed by atoms with Crippen LogP contribution in [0.5, 0.6) is 11.5 Å². The molecule has 4 rings (SSSR count). The lowest BCUT2D eigenvalue weighted by Crippen LogP contribution is -2.33. The van der Waals surface area contributed by atoms with Crippen LogP contribution in [0.2, 0.25) is 0 Å². The lowest BCUT2D eigenvalue weighted by atomic mass is 9.93. The highest BCUT2D eigenvalue weighted by molar-refractivity contribution is 9.10. The Balaban J connectivity index is 1.71. The van der Waals surface area contributed by atoms with Crippen LogP contribution in [0.15, 0.2) is 82.3 Å². The summed E-state index contributed by atoms with van der Waals surface area (Å²) >= 11 is 3.49. The molecular weight excluding hydrogens is 428 g/mol. The molecule has 0 spiro atoms. The van der Waals surface area contributed by atoms with Gasteiger partial charge in [-0.1, -0.05) is 46.3 Å². The standard InChI is InChI=1S/C24H23BrN2O2/c1-2-29-19-13-9-16(10-14-19)21-15-22(20-5-3-4-6-23(20)28)27-24(26-21)17-7-11-18(25)12-8-17/h3-14,22,24,27-28H,2,15H2,1H3/t22-,24+/m1/s1. The maximum absolute atomic E-state index is 10.4. The number of para-hydroxylation sites is 1. The first kappa shape index (κ1) is 19.7. The third-order valence-corrected chi connectivity index (χ3v) is 5.57. The van der Waals surface area contributed by atoms with Gasteiger partial charge in [-0.3, -0.25) is 10.3 Å². The fourth-order valence-corrected chi connectivity index (χ4v) is 3.85. The molecule has 29 heavy (non-hydrogen) atoms. The molecule has 0 saturated carbocycles. The second-order valence-corrected chi connectivity index (χ2v) is 7.89. The second-order valence-electron chi connectivity index (χ2n) is 6.97. The van der Waals surface area contributed by atoms with E-state index in [4.69, 9.17) is 9.73 Å². The van der Waals surface area contributed by atoms with Gasteiger partial charge in [0, 0.05) is 28.2 Å². The molecule has 0 aromatic heterocycles.